The van der Waals surface area contributed by atoms with Crippen LogP contribution in [0.2, 0.25) is 0 Å². The third kappa shape index (κ3) is 3.71. The van der Waals surface area contributed by atoms with Gasteiger partial charge in [-0.3, -0.25) is 4.79 Å². The van der Waals surface area contributed by atoms with Crippen LogP contribution in [-0.2, 0) is 16.4 Å². The van der Waals surface area contributed by atoms with Crippen LogP contribution in [-0.4, -0.2) is 72.2 Å². The van der Waals surface area contributed by atoms with Gasteiger partial charge in [0.2, 0.25) is 10.0 Å². The van der Waals surface area contributed by atoms with E-state index in [-0.39, 0.29) is 19.6 Å². The number of aryl methyl sites for hydroxylation is 2. The summed E-state index contributed by atoms with van der Waals surface area (Å²) in [5, 5.41) is 24.3. The predicted octanol–water partition coefficient (Wildman–Crippen LogP) is -1.36. The van der Waals surface area contributed by atoms with E-state index in [1.54, 1.807) is 6.92 Å². The van der Waals surface area contributed by atoms with Crippen molar-refractivity contribution >= 4 is 15.9 Å². The van der Waals surface area contributed by atoms with Crippen LogP contribution in [0.25, 0.3) is 0 Å². The fourth-order valence-electron chi connectivity index (χ4n) is 2.56. The third-order valence-corrected chi connectivity index (χ3v) is 4.56. The summed E-state index contributed by atoms with van der Waals surface area (Å²) >= 11 is 0. The number of hydrogen-bond acceptors (Lipinski definition) is 7. The average Bonchev–Trinajstić information content (AvgIpc) is 2.97. The van der Waals surface area contributed by atoms with E-state index in [1.165, 1.54) is 4.90 Å². The van der Waals surface area contributed by atoms with Gasteiger partial charge in [-0.25, -0.2) is 13.1 Å². The summed E-state index contributed by atoms with van der Waals surface area (Å²) in [5.74, 6) is -0.0408. The lowest BCUT2D eigenvalue weighted by molar-refractivity contribution is -0.0352. The van der Waals surface area contributed by atoms with E-state index in [9.17, 15) is 23.4 Å². The zero-order valence-electron chi connectivity index (χ0n) is 13.2. The van der Waals surface area contributed by atoms with Crippen LogP contribution in [0.1, 0.15) is 28.7 Å². The Hall–Kier alpha value is -1.49. The van der Waals surface area contributed by atoms with Crippen molar-refractivity contribution in [3.8, 4) is 0 Å². The molecule has 1 aliphatic rings. The zero-order chi connectivity index (χ0) is 17.4. The zero-order valence-corrected chi connectivity index (χ0v) is 14.1. The topological polar surface area (TPSA) is 133 Å². The lowest BCUT2D eigenvalue weighted by Crippen LogP contribution is -2.51. The van der Waals surface area contributed by atoms with Crippen LogP contribution in [0.5, 0.6) is 0 Å². The Bertz CT molecular complexity index is 701. The number of likely N-dealkylation sites (tertiary alicyclic amines) is 1. The van der Waals surface area contributed by atoms with Crippen molar-refractivity contribution in [1.29, 1.82) is 0 Å². The SMILES string of the molecule is CCc1noc(C)c1C(=O)N1C[C@@H](O)[C@](O)(CNS(C)(=O)=O)C1. The number of rotatable bonds is 5. The standard InChI is InChI=1S/C13H21N3O6S/c1-4-9-11(8(2)22-15-9)12(18)16-5-10(17)13(19,7-16)6-14-23(3,20)21/h10,14,17,19H,4-7H2,1-3H3/t10-,13+/m1/s1. The minimum absolute atomic E-state index is 0.103. The normalized spacial score (nSPS) is 25.1. The van der Waals surface area contributed by atoms with Crippen molar-refractivity contribution < 1.29 is 27.9 Å². The van der Waals surface area contributed by atoms with Crippen molar-refractivity contribution in [3.05, 3.63) is 17.0 Å². The van der Waals surface area contributed by atoms with Gasteiger partial charge in [-0.05, 0) is 13.3 Å². The van der Waals surface area contributed by atoms with E-state index in [1.807, 2.05) is 6.92 Å². The van der Waals surface area contributed by atoms with E-state index >= 15 is 0 Å². The van der Waals surface area contributed by atoms with Gasteiger partial charge in [0, 0.05) is 13.1 Å². The van der Waals surface area contributed by atoms with Gasteiger partial charge < -0.3 is 19.6 Å². The van der Waals surface area contributed by atoms with E-state index in [0.29, 0.717) is 23.4 Å². The molecule has 0 aromatic carbocycles. The third-order valence-electron chi connectivity index (χ3n) is 3.89. The maximum atomic E-state index is 12.6. The number of sulfonamides is 1. The lowest BCUT2D eigenvalue weighted by Gasteiger charge is -2.25. The van der Waals surface area contributed by atoms with Gasteiger partial charge in [-0.2, -0.15) is 0 Å². The van der Waals surface area contributed by atoms with E-state index in [4.69, 9.17) is 4.52 Å². The summed E-state index contributed by atoms with van der Waals surface area (Å²) in [7, 11) is -3.52. The van der Waals surface area contributed by atoms with Crippen LogP contribution in [0.4, 0.5) is 0 Å². The second-order valence-corrected chi connectivity index (χ2v) is 7.65. The maximum absolute atomic E-state index is 12.6. The van der Waals surface area contributed by atoms with Crippen LogP contribution in [0, 0.1) is 6.92 Å². The van der Waals surface area contributed by atoms with Crippen LogP contribution >= 0.6 is 0 Å². The molecule has 9 nitrogen and oxygen atoms in total. The molecule has 2 heterocycles. The number of carbonyl (C=O) groups is 1. The van der Waals surface area contributed by atoms with Gasteiger partial charge in [0.15, 0.2) is 0 Å². The first-order chi connectivity index (χ1) is 10.6. The molecule has 1 aromatic rings. The molecular weight excluding hydrogens is 326 g/mol. The molecule has 1 amide bonds. The predicted molar refractivity (Wildman–Crippen MR) is 80.3 cm³/mol. The molecule has 1 aliphatic heterocycles. The number of amides is 1. The van der Waals surface area contributed by atoms with Crippen LogP contribution < -0.4 is 4.72 Å². The molecule has 0 spiro atoms. The molecule has 0 saturated carbocycles. The van der Waals surface area contributed by atoms with Gasteiger partial charge in [-0.15, -0.1) is 0 Å². The highest BCUT2D eigenvalue weighted by Crippen LogP contribution is 2.25. The highest BCUT2D eigenvalue weighted by molar-refractivity contribution is 7.88. The van der Waals surface area contributed by atoms with Gasteiger partial charge in [-0.1, -0.05) is 12.1 Å². The number of nitrogens with zero attached hydrogens (tertiary/aromatic N) is 2. The summed E-state index contributed by atoms with van der Waals surface area (Å²) in [6.45, 7) is 2.78. The Labute approximate surface area is 134 Å². The Morgan fingerprint density at radius 1 is 1.57 bits per heavy atom. The van der Waals surface area contributed by atoms with Crippen molar-refractivity contribution in [1.82, 2.24) is 14.8 Å². The van der Waals surface area contributed by atoms with E-state index < -0.39 is 27.6 Å². The molecule has 23 heavy (non-hydrogen) atoms. The molecule has 3 N–H and O–H groups in total. The number of aromatic nitrogens is 1. The molecule has 2 rings (SSSR count). The van der Waals surface area contributed by atoms with Gasteiger partial charge in [0.25, 0.3) is 5.91 Å². The quantitative estimate of drug-likeness (QED) is 0.599. The summed E-state index contributed by atoms with van der Waals surface area (Å²) in [6, 6.07) is 0. The molecule has 10 heteroatoms. The van der Waals surface area contributed by atoms with Gasteiger partial charge in [0.05, 0.1) is 18.5 Å². The summed E-state index contributed by atoms with van der Waals surface area (Å²) in [5.41, 5.74) is -0.914. The van der Waals surface area contributed by atoms with Crippen LogP contribution in [0.15, 0.2) is 4.52 Å². The summed E-state index contributed by atoms with van der Waals surface area (Å²) in [6.07, 6.45) is 0.203. The fraction of sp³-hybridized carbons (Fsp3) is 0.692. The molecule has 1 saturated heterocycles. The van der Waals surface area contributed by atoms with Crippen molar-refractivity contribution in [2.45, 2.75) is 32.0 Å². The number of nitrogens with one attached hydrogen (secondary N) is 1. The molecule has 1 fully saturated rings. The number of aliphatic hydroxyl groups excluding tert-OH is 1. The highest BCUT2D eigenvalue weighted by atomic mass is 32.2. The number of hydrogen-bond donors (Lipinski definition) is 3. The molecule has 1 aromatic heterocycles. The van der Waals surface area contributed by atoms with Crippen molar-refractivity contribution in [2.75, 3.05) is 25.9 Å². The molecule has 130 valence electrons. The lowest BCUT2D eigenvalue weighted by atomic mass is 10.0. The molecule has 0 radical (unpaired) electrons. The van der Waals surface area contributed by atoms with E-state index in [0.717, 1.165) is 6.26 Å². The second-order valence-electron chi connectivity index (χ2n) is 5.81. The highest BCUT2D eigenvalue weighted by Gasteiger charge is 2.47. The Balaban J connectivity index is 2.17. The first kappa shape index (κ1) is 17.9. The minimum atomic E-state index is -3.52. The molecule has 2 atom stereocenters. The maximum Gasteiger partial charge on any atom is 0.259 e. The molecule has 0 bridgehead atoms. The average molecular weight is 347 g/mol. The Morgan fingerprint density at radius 3 is 2.78 bits per heavy atom. The molecule has 0 unspecified atom stereocenters. The van der Waals surface area contributed by atoms with Crippen LogP contribution in [0.3, 0.4) is 0 Å². The summed E-state index contributed by atoms with van der Waals surface area (Å²) in [4.78, 5) is 13.9. The Morgan fingerprint density at radius 2 is 2.22 bits per heavy atom. The fourth-order valence-corrected chi connectivity index (χ4v) is 3.07. The van der Waals surface area contributed by atoms with Crippen molar-refractivity contribution in [3.63, 3.8) is 0 Å². The largest absolute Gasteiger partial charge is 0.388 e. The summed E-state index contributed by atoms with van der Waals surface area (Å²) < 4.78 is 29.5. The number of carbonyl (C=O) groups excluding carboxylic acids is 1. The van der Waals surface area contributed by atoms with E-state index in [2.05, 4.69) is 9.88 Å². The van der Waals surface area contributed by atoms with Crippen molar-refractivity contribution in [2.24, 2.45) is 0 Å². The molecule has 0 aliphatic carbocycles. The first-order valence-corrected chi connectivity index (χ1v) is 9.06. The van der Waals surface area contributed by atoms with Gasteiger partial charge >= 0.3 is 0 Å². The monoisotopic (exact) mass is 347 g/mol. The number of β-amino-alcohol motifs (C(OH)–C–C–N with tert-alkyl or cyclic N) is 2. The Kier molecular flexibility index (Phi) is 4.81. The number of aliphatic hydroxyl groups is 2. The minimum Gasteiger partial charge on any atom is -0.388 e. The van der Waals surface area contributed by atoms with Gasteiger partial charge in [0.1, 0.15) is 23.0 Å². The molecular formula is C13H21N3O6S. The second kappa shape index (κ2) is 6.19. The first-order valence-electron chi connectivity index (χ1n) is 7.17. The smallest absolute Gasteiger partial charge is 0.259 e.